The normalized spacial score (nSPS) is 13.0. The third-order valence-electron chi connectivity index (χ3n) is 12.1. The smallest absolute Gasteiger partial charge is 0.0973 e. The van der Waals surface area contributed by atoms with E-state index in [0.717, 1.165) is 70.0 Å². The van der Waals surface area contributed by atoms with E-state index in [1.807, 2.05) is 12.1 Å². The molecular formula is C51H42N4. The monoisotopic (exact) mass is 710 g/mol. The zero-order valence-electron chi connectivity index (χ0n) is 31.5. The Morgan fingerprint density at radius 2 is 1.05 bits per heavy atom. The molecule has 1 aliphatic carbocycles. The maximum Gasteiger partial charge on any atom is 0.0973 e. The van der Waals surface area contributed by atoms with Gasteiger partial charge >= 0.3 is 0 Å². The maximum atomic E-state index is 5.29. The highest BCUT2D eigenvalue weighted by Gasteiger charge is 2.40. The third kappa shape index (κ3) is 5.12. The molecule has 0 amide bonds. The molecule has 0 atom stereocenters. The summed E-state index contributed by atoms with van der Waals surface area (Å²) < 4.78 is 2.39. The lowest BCUT2D eigenvalue weighted by molar-refractivity contribution is 0.490. The predicted molar refractivity (Wildman–Crippen MR) is 231 cm³/mol. The average molecular weight is 711 g/mol. The molecular weight excluding hydrogens is 669 g/mol. The molecule has 55 heavy (non-hydrogen) atoms. The summed E-state index contributed by atoms with van der Waals surface area (Å²) in [5.74, 6) is 0. The van der Waals surface area contributed by atoms with Gasteiger partial charge in [0.05, 0.1) is 22.4 Å². The molecule has 0 saturated heterocycles. The van der Waals surface area contributed by atoms with Crippen molar-refractivity contribution in [2.24, 2.45) is 0 Å². The molecule has 0 spiro atoms. The lowest BCUT2D eigenvalue weighted by atomic mass is 9.74. The number of aromatic nitrogens is 3. The minimum Gasteiger partial charge on any atom is -0.341 e. The standard InChI is InChI=1S/C51H42N4/c1-4-51(5-2)43-20-12-10-18-39(43)40-30-29-38(33-44(40)51)55(36-16-8-7-9-17-36)37-27-24-34(25-28-37)49-50(53-46-22-14-13-21-45(46)52-49)35-26-31-48-42(32-35)41-19-11-15-23-47(41)54(48)6-3/h7-33H,4-6H2,1-3H3. The van der Waals surface area contributed by atoms with Gasteiger partial charge in [-0.1, -0.05) is 111 Å². The number of anilines is 3. The number of rotatable bonds is 8. The van der Waals surface area contributed by atoms with Crippen molar-refractivity contribution >= 4 is 49.9 Å². The van der Waals surface area contributed by atoms with Crippen molar-refractivity contribution in [1.82, 2.24) is 14.5 Å². The highest BCUT2D eigenvalue weighted by molar-refractivity contribution is 6.09. The zero-order chi connectivity index (χ0) is 37.1. The van der Waals surface area contributed by atoms with Crippen molar-refractivity contribution in [3.05, 3.63) is 175 Å². The SMILES string of the molecule is CCn1c2ccccc2c2cc(-c3nc4ccccc4nc3-c3ccc(N(c4ccccc4)c4ccc5c(c4)C(CC)(CC)c4ccccc4-5)cc3)ccc21. The van der Waals surface area contributed by atoms with Crippen LogP contribution >= 0.6 is 0 Å². The number of nitrogens with zero attached hydrogens (tertiary/aromatic N) is 4. The largest absolute Gasteiger partial charge is 0.341 e. The fourth-order valence-electron chi connectivity index (χ4n) is 9.33. The Morgan fingerprint density at radius 1 is 0.473 bits per heavy atom. The number of benzene rings is 7. The first-order valence-electron chi connectivity index (χ1n) is 19.6. The number of aryl methyl sites for hydroxylation is 1. The van der Waals surface area contributed by atoms with E-state index in [0.29, 0.717) is 0 Å². The van der Waals surface area contributed by atoms with Crippen LogP contribution in [0.3, 0.4) is 0 Å². The Labute approximate surface area is 322 Å². The lowest BCUT2D eigenvalue weighted by Crippen LogP contribution is -2.23. The van der Waals surface area contributed by atoms with Crippen LogP contribution in [0.4, 0.5) is 17.1 Å². The summed E-state index contributed by atoms with van der Waals surface area (Å²) in [5.41, 5.74) is 17.1. The second-order valence-electron chi connectivity index (χ2n) is 14.7. The highest BCUT2D eigenvalue weighted by atomic mass is 15.1. The van der Waals surface area contributed by atoms with Crippen molar-refractivity contribution in [2.45, 2.75) is 45.6 Å². The summed E-state index contributed by atoms with van der Waals surface area (Å²) in [7, 11) is 0. The number of hydrogen-bond acceptors (Lipinski definition) is 3. The van der Waals surface area contributed by atoms with Crippen molar-refractivity contribution in [2.75, 3.05) is 4.90 Å². The second kappa shape index (κ2) is 13.1. The quantitative estimate of drug-likeness (QED) is 0.157. The molecule has 1 aliphatic rings. The summed E-state index contributed by atoms with van der Waals surface area (Å²) in [6, 6.07) is 59.3. The van der Waals surface area contributed by atoms with Gasteiger partial charge in [-0.3, -0.25) is 0 Å². The molecule has 7 aromatic carbocycles. The summed E-state index contributed by atoms with van der Waals surface area (Å²) in [6.45, 7) is 7.79. The van der Waals surface area contributed by atoms with Gasteiger partial charge in [-0.05, 0) is 109 Å². The van der Waals surface area contributed by atoms with Crippen molar-refractivity contribution < 1.29 is 0 Å². The average Bonchev–Trinajstić information content (AvgIpc) is 3.73. The van der Waals surface area contributed by atoms with Gasteiger partial charge in [-0.2, -0.15) is 0 Å². The fourth-order valence-corrected chi connectivity index (χ4v) is 9.33. The topological polar surface area (TPSA) is 34.0 Å². The van der Waals surface area contributed by atoms with Gasteiger partial charge in [0.1, 0.15) is 0 Å². The zero-order valence-corrected chi connectivity index (χ0v) is 31.5. The first-order valence-corrected chi connectivity index (χ1v) is 19.6. The number of hydrogen-bond donors (Lipinski definition) is 0. The second-order valence-corrected chi connectivity index (χ2v) is 14.7. The van der Waals surface area contributed by atoms with E-state index in [-0.39, 0.29) is 5.41 Å². The maximum absolute atomic E-state index is 5.29. The fraction of sp³-hybridized carbons (Fsp3) is 0.137. The minimum atomic E-state index is -0.00618. The first kappa shape index (κ1) is 33.1. The lowest BCUT2D eigenvalue weighted by Gasteiger charge is -2.31. The van der Waals surface area contributed by atoms with Crippen molar-refractivity contribution in [3.8, 4) is 33.6 Å². The summed E-state index contributed by atoms with van der Waals surface area (Å²) in [5, 5.41) is 2.49. The van der Waals surface area contributed by atoms with Gasteiger partial charge in [0.25, 0.3) is 0 Å². The van der Waals surface area contributed by atoms with E-state index < -0.39 is 0 Å². The van der Waals surface area contributed by atoms with Crippen molar-refractivity contribution in [1.29, 1.82) is 0 Å². The molecule has 4 heteroatoms. The molecule has 0 saturated carbocycles. The molecule has 0 bridgehead atoms. The van der Waals surface area contributed by atoms with Gasteiger partial charge in [-0.25, -0.2) is 9.97 Å². The van der Waals surface area contributed by atoms with E-state index >= 15 is 0 Å². The van der Waals surface area contributed by atoms with Crippen LogP contribution in [0, 0.1) is 0 Å². The Kier molecular flexibility index (Phi) is 7.88. The number of para-hydroxylation sites is 4. The van der Waals surface area contributed by atoms with E-state index in [1.54, 1.807) is 0 Å². The first-order chi connectivity index (χ1) is 27.1. The summed E-state index contributed by atoms with van der Waals surface area (Å²) >= 11 is 0. The van der Waals surface area contributed by atoms with Crippen LogP contribution < -0.4 is 4.90 Å². The molecule has 10 rings (SSSR count). The van der Waals surface area contributed by atoms with Crippen LogP contribution in [-0.4, -0.2) is 14.5 Å². The van der Waals surface area contributed by atoms with Gasteiger partial charge in [0, 0.05) is 62.0 Å². The van der Waals surface area contributed by atoms with E-state index in [9.17, 15) is 0 Å². The third-order valence-corrected chi connectivity index (χ3v) is 12.1. The molecule has 0 unspecified atom stereocenters. The summed E-state index contributed by atoms with van der Waals surface area (Å²) in [6.07, 6.45) is 2.11. The molecule has 0 aliphatic heterocycles. The molecule has 2 aromatic heterocycles. The van der Waals surface area contributed by atoms with Gasteiger partial charge in [0.15, 0.2) is 0 Å². The highest BCUT2D eigenvalue weighted by Crippen LogP contribution is 2.54. The van der Waals surface area contributed by atoms with Crippen LogP contribution in [0.15, 0.2) is 164 Å². The molecule has 4 nitrogen and oxygen atoms in total. The molecule has 9 aromatic rings. The molecule has 266 valence electrons. The van der Waals surface area contributed by atoms with E-state index in [1.165, 1.54) is 44.1 Å². The minimum absolute atomic E-state index is 0.00618. The Morgan fingerprint density at radius 3 is 1.80 bits per heavy atom. The molecule has 0 fully saturated rings. The molecule has 0 radical (unpaired) electrons. The van der Waals surface area contributed by atoms with Crippen LogP contribution in [0.5, 0.6) is 0 Å². The molecule has 0 N–H and O–H groups in total. The van der Waals surface area contributed by atoms with Crippen LogP contribution in [0.25, 0.3) is 66.5 Å². The van der Waals surface area contributed by atoms with Crippen LogP contribution in [-0.2, 0) is 12.0 Å². The van der Waals surface area contributed by atoms with Gasteiger partial charge in [-0.15, -0.1) is 0 Å². The predicted octanol–water partition coefficient (Wildman–Crippen LogP) is 13.6. The van der Waals surface area contributed by atoms with Crippen LogP contribution in [0.2, 0.25) is 0 Å². The Bertz CT molecular complexity index is 2880. The van der Waals surface area contributed by atoms with E-state index in [2.05, 4.69) is 182 Å². The molecule has 2 heterocycles. The van der Waals surface area contributed by atoms with Crippen molar-refractivity contribution in [3.63, 3.8) is 0 Å². The Hall–Kier alpha value is -6.52. The Balaban J connectivity index is 1.11. The van der Waals surface area contributed by atoms with Gasteiger partial charge < -0.3 is 9.47 Å². The van der Waals surface area contributed by atoms with Gasteiger partial charge in [0.2, 0.25) is 0 Å². The summed E-state index contributed by atoms with van der Waals surface area (Å²) in [4.78, 5) is 13.0. The number of fused-ring (bicyclic) bond motifs is 7. The van der Waals surface area contributed by atoms with Crippen LogP contribution in [0.1, 0.15) is 44.7 Å². The van der Waals surface area contributed by atoms with E-state index in [4.69, 9.17) is 9.97 Å².